The molecule has 0 spiro atoms. The van der Waals surface area contributed by atoms with Crippen molar-refractivity contribution in [3.05, 3.63) is 77.6 Å². The van der Waals surface area contributed by atoms with Gasteiger partial charge in [0.15, 0.2) is 0 Å². The molecule has 0 radical (unpaired) electrons. The van der Waals surface area contributed by atoms with Crippen molar-refractivity contribution in [1.82, 2.24) is 9.97 Å². The van der Waals surface area contributed by atoms with Gasteiger partial charge in [-0.25, -0.2) is 4.98 Å². The minimum absolute atomic E-state index is 0.529. The van der Waals surface area contributed by atoms with Gasteiger partial charge in [0.2, 0.25) is 0 Å². The summed E-state index contributed by atoms with van der Waals surface area (Å²) < 4.78 is 0. The quantitative estimate of drug-likeness (QED) is 0.566. The Morgan fingerprint density at radius 3 is 2.55 bits per heavy atom. The molecule has 0 bridgehead atoms. The standard InChI is InChI=1S/C19H15N3/c1-14(11-15-7-3-2-4-8-15)12-16(13-20)19-21-17-9-5-6-10-18(17)22-19/h2-12H,1H3,(H,21,22)/b14-11+,16-12+. The molecule has 0 aliphatic carbocycles. The molecule has 0 fully saturated rings. The van der Waals surface area contributed by atoms with Crippen molar-refractivity contribution in [2.45, 2.75) is 6.92 Å². The van der Waals surface area contributed by atoms with Gasteiger partial charge in [0.05, 0.1) is 16.6 Å². The number of allylic oxidation sites excluding steroid dienone is 3. The number of hydrogen-bond donors (Lipinski definition) is 1. The molecule has 0 saturated carbocycles. The van der Waals surface area contributed by atoms with Crippen LogP contribution in [0.15, 0.2) is 66.2 Å². The van der Waals surface area contributed by atoms with E-state index < -0.39 is 0 Å². The van der Waals surface area contributed by atoms with Gasteiger partial charge in [0.25, 0.3) is 0 Å². The summed E-state index contributed by atoms with van der Waals surface area (Å²) in [5, 5.41) is 9.41. The molecule has 0 atom stereocenters. The van der Waals surface area contributed by atoms with Gasteiger partial charge >= 0.3 is 0 Å². The molecule has 3 rings (SSSR count). The first-order valence-electron chi connectivity index (χ1n) is 7.06. The molecule has 1 heterocycles. The maximum absolute atomic E-state index is 9.41. The SMILES string of the molecule is CC(=C\c1ccccc1)/C=C(\C#N)c1nc2ccccc2[nH]1. The highest BCUT2D eigenvalue weighted by molar-refractivity contribution is 5.83. The molecule has 3 nitrogen and oxygen atoms in total. The van der Waals surface area contributed by atoms with Gasteiger partial charge in [0.1, 0.15) is 11.9 Å². The zero-order chi connectivity index (χ0) is 15.4. The molecule has 1 N–H and O–H groups in total. The average molecular weight is 285 g/mol. The van der Waals surface area contributed by atoms with Crippen molar-refractivity contribution in [2.24, 2.45) is 0 Å². The highest BCUT2D eigenvalue weighted by atomic mass is 14.9. The summed E-state index contributed by atoms with van der Waals surface area (Å²) in [7, 11) is 0. The molecule has 0 aliphatic rings. The third-order valence-electron chi connectivity index (χ3n) is 3.33. The van der Waals surface area contributed by atoms with E-state index in [9.17, 15) is 5.26 Å². The number of imidazole rings is 1. The van der Waals surface area contributed by atoms with Gasteiger partial charge in [-0.15, -0.1) is 0 Å². The maximum atomic E-state index is 9.41. The summed E-state index contributed by atoms with van der Waals surface area (Å²) in [6.07, 6.45) is 3.89. The van der Waals surface area contributed by atoms with Crippen molar-refractivity contribution < 1.29 is 0 Å². The predicted molar refractivity (Wildman–Crippen MR) is 89.8 cm³/mol. The number of H-pyrrole nitrogens is 1. The molecule has 0 unspecified atom stereocenters. The van der Waals surface area contributed by atoms with Crippen LogP contribution in [-0.4, -0.2) is 9.97 Å². The van der Waals surface area contributed by atoms with E-state index in [-0.39, 0.29) is 0 Å². The zero-order valence-corrected chi connectivity index (χ0v) is 12.2. The first-order chi connectivity index (χ1) is 10.8. The number of aromatic amines is 1. The third-order valence-corrected chi connectivity index (χ3v) is 3.33. The van der Waals surface area contributed by atoms with E-state index in [4.69, 9.17) is 0 Å². The fourth-order valence-electron chi connectivity index (χ4n) is 2.32. The van der Waals surface area contributed by atoms with Crippen molar-refractivity contribution in [2.75, 3.05) is 0 Å². The summed E-state index contributed by atoms with van der Waals surface area (Å²) in [5.74, 6) is 0.601. The zero-order valence-electron chi connectivity index (χ0n) is 12.2. The van der Waals surface area contributed by atoms with E-state index in [1.807, 2.05) is 73.7 Å². The van der Waals surface area contributed by atoms with E-state index in [0.717, 1.165) is 22.2 Å². The smallest absolute Gasteiger partial charge is 0.149 e. The molecule has 1 aromatic heterocycles. The topological polar surface area (TPSA) is 52.5 Å². The Kier molecular flexibility index (Phi) is 3.84. The lowest BCUT2D eigenvalue weighted by Crippen LogP contribution is -1.85. The molecule has 0 aliphatic heterocycles. The van der Waals surface area contributed by atoms with Gasteiger partial charge < -0.3 is 4.98 Å². The van der Waals surface area contributed by atoms with Crippen LogP contribution in [0.25, 0.3) is 22.7 Å². The van der Waals surface area contributed by atoms with Crippen LogP contribution in [0.3, 0.4) is 0 Å². The predicted octanol–water partition coefficient (Wildman–Crippen LogP) is 4.57. The number of nitriles is 1. The number of fused-ring (bicyclic) bond motifs is 1. The number of para-hydroxylation sites is 2. The first kappa shape index (κ1) is 13.8. The minimum atomic E-state index is 0.529. The second kappa shape index (κ2) is 6.11. The molecule has 2 aromatic carbocycles. The number of benzene rings is 2. The van der Waals surface area contributed by atoms with Crippen LogP contribution < -0.4 is 0 Å². The molecule has 0 amide bonds. The van der Waals surface area contributed by atoms with Crippen molar-refractivity contribution >= 4 is 22.7 Å². The number of nitrogens with zero attached hydrogens (tertiary/aromatic N) is 2. The normalized spacial score (nSPS) is 12.4. The highest BCUT2D eigenvalue weighted by Crippen LogP contribution is 2.18. The van der Waals surface area contributed by atoms with Crippen molar-refractivity contribution in [1.29, 1.82) is 5.26 Å². The van der Waals surface area contributed by atoms with Gasteiger partial charge in [-0.05, 0) is 36.3 Å². The fraction of sp³-hybridized carbons (Fsp3) is 0.0526. The Morgan fingerprint density at radius 2 is 1.82 bits per heavy atom. The first-order valence-corrected chi connectivity index (χ1v) is 7.06. The molecule has 3 heteroatoms. The van der Waals surface area contributed by atoms with Crippen LogP contribution in [0.2, 0.25) is 0 Å². The van der Waals surface area contributed by atoms with E-state index in [0.29, 0.717) is 11.4 Å². The van der Waals surface area contributed by atoms with Gasteiger partial charge in [-0.2, -0.15) is 5.26 Å². The second-order valence-corrected chi connectivity index (χ2v) is 5.07. The number of rotatable bonds is 3. The van der Waals surface area contributed by atoms with E-state index in [1.165, 1.54) is 0 Å². The maximum Gasteiger partial charge on any atom is 0.149 e. The Labute approximate surface area is 129 Å². The fourth-order valence-corrected chi connectivity index (χ4v) is 2.32. The summed E-state index contributed by atoms with van der Waals surface area (Å²) in [5.41, 5.74) is 4.44. The molecular formula is C19H15N3. The second-order valence-electron chi connectivity index (χ2n) is 5.07. The lowest BCUT2D eigenvalue weighted by atomic mass is 10.1. The van der Waals surface area contributed by atoms with E-state index in [2.05, 4.69) is 16.0 Å². The largest absolute Gasteiger partial charge is 0.337 e. The van der Waals surface area contributed by atoms with Gasteiger partial charge in [-0.1, -0.05) is 48.5 Å². The average Bonchev–Trinajstić information content (AvgIpc) is 2.97. The van der Waals surface area contributed by atoms with Crippen LogP contribution in [0.5, 0.6) is 0 Å². The Morgan fingerprint density at radius 1 is 1.09 bits per heavy atom. The summed E-state index contributed by atoms with van der Waals surface area (Å²) >= 11 is 0. The minimum Gasteiger partial charge on any atom is -0.337 e. The van der Waals surface area contributed by atoms with Crippen LogP contribution in [-0.2, 0) is 0 Å². The Hall–Kier alpha value is -3.12. The van der Waals surface area contributed by atoms with E-state index >= 15 is 0 Å². The Bertz CT molecular complexity index is 860. The lowest BCUT2D eigenvalue weighted by Gasteiger charge is -1.97. The van der Waals surface area contributed by atoms with Crippen LogP contribution >= 0.6 is 0 Å². The number of aromatic nitrogens is 2. The number of nitrogens with one attached hydrogen (secondary N) is 1. The van der Waals surface area contributed by atoms with Crippen LogP contribution in [0.1, 0.15) is 18.3 Å². The molecular weight excluding hydrogens is 270 g/mol. The summed E-state index contributed by atoms with van der Waals surface area (Å²) in [6.45, 7) is 1.98. The Balaban J connectivity index is 1.96. The highest BCUT2D eigenvalue weighted by Gasteiger charge is 2.07. The molecule has 106 valence electrons. The van der Waals surface area contributed by atoms with Crippen LogP contribution in [0, 0.1) is 11.3 Å². The monoisotopic (exact) mass is 285 g/mol. The van der Waals surface area contributed by atoms with Crippen LogP contribution in [0.4, 0.5) is 0 Å². The molecule has 22 heavy (non-hydrogen) atoms. The summed E-state index contributed by atoms with van der Waals surface area (Å²) in [4.78, 5) is 7.66. The summed E-state index contributed by atoms with van der Waals surface area (Å²) in [6, 6.07) is 20.0. The van der Waals surface area contributed by atoms with Crippen molar-refractivity contribution in [3.8, 4) is 6.07 Å². The molecule has 0 saturated heterocycles. The third kappa shape index (κ3) is 2.97. The molecule has 3 aromatic rings. The van der Waals surface area contributed by atoms with Gasteiger partial charge in [0, 0.05) is 0 Å². The lowest BCUT2D eigenvalue weighted by molar-refractivity contribution is 1.27. The van der Waals surface area contributed by atoms with E-state index in [1.54, 1.807) is 0 Å². The van der Waals surface area contributed by atoms with Crippen molar-refractivity contribution in [3.63, 3.8) is 0 Å². The number of hydrogen-bond acceptors (Lipinski definition) is 2. The van der Waals surface area contributed by atoms with Gasteiger partial charge in [-0.3, -0.25) is 0 Å².